The van der Waals surface area contributed by atoms with Crippen LogP contribution >= 0.6 is 11.6 Å². The lowest BCUT2D eigenvalue weighted by Crippen LogP contribution is -2.30. The number of rotatable bonds is 7. The Balaban J connectivity index is 2.31. The van der Waals surface area contributed by atoms with Gasteiger partial charge in [0.2, 0.25) is 0 Å². The molecule has 0 unspecified atom stereocenters. The summed E-state index contributed by atoms with van der Waals surface area (Å²) in [5.74, 6) is 0.0902. The van der Waals surface area contributed by atoms with E-state index < -0.39 is 0 Å². The second kappa shape index (κ2) is 7.92. The second-order valence-corrected chi connectivity index (χ2v) is 4.00. The molecule has 0 aliphatic heterocycles. The Bertz CT molecular complexity index is 398. The lowest BCUT2D eigenvalue weighted by Gasteiger charge is -2.09. The van der Waals surface area contributed by atoms with Crippen LogP contribution in [0.15, 0.2) is 18.2 Å². The second-order valence-electron chi connectivity index (χ2n) is 3.59. The molecule has 0 fully saturated rings. The molecule has 0 radical (unpaired) electrons. The van der Waals surface area contributed by atoms with Gasteiger partial charge in [-0.1, -0.05) is 17.7 Å². The third kappa shape index (κ3) is 5.35. The molecular weight excluding hydrogens is 258 g/mol. The first-order valence-electron chi connectivity index (χ1n) is 5.42. The number of aryl methyl sites for hydroxylation is 1. The fourth-order valence-electron chi connectivity index (χ4n) is 1.15. The molecule has 1 N–H and O–H groups in total. The van der Waals surface area contributed by atoms with E-state index in [1.54, 1.807) is 19.2 Å². The highest BCUT2D eigenvalue weighted by Gasteiger charge is 2.06. The van der Waals surface area contributed by atoms with Crippen molar-refractivity contribution in [2.75, 3.05) is 26.9 Å². The minimum absolute atomic E-state index is 0.157. The zero-order valence-corrected chi connectivity index (χ0v) is 11.1. The standard InChI is InChI=1S/C12H16ClNO4/c1-9-3-4-10(13)11(7-9)17-8-12(15)14-18-6-5-16-2/h3-4,7H,5-6,8H2,1-2H3,(H,14,15). The van der Waals surface area contributed by atoms with Gasteiger partial charge in [0, 0.05) is 7.11 Å². The van der Waals surface area contributed by atoms with Gasteiger partial charge in [0.05, 0.1) is 18.2 Å². The third-order valence-corrected chi connectivity index (χ3v) is 2.33. The molecule has 1 aromatic rings. The average Bonchev–Trinajstić information content (AvgIpc) is 2.36. The van der Waals surface area contributed by atoms with Crippen molar-refractivity contribution in [2.45, 2.75) is 6.92 Å². The number of amides is 1. The molecular formula is C12H16ClNO4. The zero-order chi connectivity index (χ0) is 13.4. The van der Waals surface area contributed by atoms with Gasteiger partial charge < -0.3 is 9.47 Å². The van der Waals surface area contributed by atoms with Crippen LogP contribution in [0.25, 0.3) is 0 Å². The van der Waals surface area contributed by atoms with Gasteiger partial charge in [-0.3, -0.25) is 9.63 Å². The lowest BCUT2D eigenvalue weighted by atomic mass is 10.2. The molecule has 0 bridgehead atoms. The third-order valence-electron chi connectivity index (χ3n) is 2.02. The van der Waals surface area contributed by atoms with Crippen molar-refractivity contribution in [1.29, 1.82) is 0 Å². The van der Waals surface area contributed by atoms with Crippen molar-refractivity contribution in [3.63, 3.8) is 0 Å². The first-order valence-corrected chi connectivity index (χ1v) is 5.80. The summed E-state index contributed by atoms with van der Waals surface area (Å²) in [5.41, 5.74) is 3.24. The maximum atomic E-state index is 11.3. The van der Waals surface area contributed by atoms with Crippen LogP contribution in [0.5, 0.6) is 5.75 Å². The fraction of sp³-hybridized carbons (Fsp3) is 0.417. The first-order chi connectivity index (χ1) is 8.63. The van der Waals surface area contributed by atoms with Gasteiger partial charge in [-0.05, 0) is 24.6 Å². The molecule has 0 spiro atoms. The predicted molar refractivity (Wildman–Crippen MR) is 67.7 cm³/mol. The number of nitrogens with one attached hydrogen (secondary N) is 1. The summed E-state index contributed by atoms with van der Waals surface area (Å²) in [6.45, 7) is 2.45. The highest BCUT2D eigenvalue weighted by molar-refractivity contribution is 6.32. The lowest BCUT2D eigenvalue weighted by molar-refractivity contribution is -0.136. The van der Waals surface area contributed by atoms with Crippen LogP contribution in [-0.4, -0.2) is 32.8 Å². The Morgan fingerprint density at radius 2 is 2.17 bits per heavy atom. The predicted octanol–water partition coefficient (Wildman–Crippen LogP) is 1.72. The van der Waals surface area contributed by atoms with Crippen LogP contribution in [0.3, 0.4) is 0 Å². The molecule has 0 aromatic heterocycles. The number of hydrogen-bond donors (Lipinski definition) is 1. The van der Waals surface area contributed by atoms with Gasteiger partial charge in [0.15, 0.2) is 6.61 Å². The summed E-state index contributed by atoms with van der Waals surface area (Å²) >= 11 is 5.92. The number of hydroxylamine groups is 1. The summed E-state index contributed by atoms with van der Waals surface area (Å²) in [6, 6.07) is 5.35. The Hall–Kier alpha value is -1.30. The van der Waals surface area contributed by atoms with E-state index in [9.17, 15) is 4.79 Å². The summed E-state index contributed by atoms with van der Waals surface area (Å²) in [5, 5.41) is 0.466. The minimum atomic E-state index is -0.385. The zero-order valence-electron chi connectivity index (χ0n) is 10.4. The van der Waals surface area contributed by atoms with E-state index in [1.807, 2.05) is 13.0 Å². The van der Waals surface area contributed by atoms with Gasteiger partial charge in [0.1, 0.15) is 5.75 Å². The smallest absolute Gasteiger partial charge is 0.281 e. The normalized spacial score (nSPS) is 10.2. The molecule has 18 heavy (non-hydrogen) atoms. The summed E-state index contributed by atoms with van der Waals surface area (Å²) < 4.78 is 10.0. The number of halogens is 1. The van der Waals surface area contributed by atoms with Gasteiger partial charge >= 0.3 is 0 Å². The summed E-state index contributed by atoms with van der Waals surface area (Å²) in [6.07, 6.45) is 0. The molecule has 1 aromatic carbocycles. The molecule has 0 aliphatic rings. The number of methoxy groups -OCH3 is 1. The molecule has 5 nitrogen and oxygen atoms in total. The van der Waals surface area contributed by atoms with Crippen molar-refractivity contribution in [3.05, 3.63) is 28.8 Å². The topological polar surface area (TPSA) is 56.8 Å². The Labute approximate surface area is 111 Å². The number of ether oxygens (including phenoxy) is 2. The van der Waals surface area contributed by atoms with Crippen LogP contribution in [0, 0.1) is 6.92 Å². The van der Waals surface area contributed by atoms with Crippen molar-refractivity contribution >= 4 is 17.5 Å². The van der Waals surface area contributed by atoms with E-state index >= 15 is 0 Å². The van der Waals surface area contributed by atoms with Gasteiger partial charge in [-0.2, -0.15) is 0 Å². The highest BCUT2D eigenvalue weighted by atomic mass is 35.5. The quantitative estimate of drug-likeness (QED) is 0.607. The molecule has 100 valence electrons. The van der Waals surface area contributed by atoms with Gasteiger partial charge in [0.25, 0.3) is 5.91 Å². The maximum absolute atomic E-state index is 11.3. The van der Waals surface area contributed by atoms with Crippen LogP contribution < -0.4 is 10.2 Å². The van der Waals surface area contributed by atoms with Crippen LogP contribution in [0.1, 0.15) is 5.56 Å². The molecule has 6 heteroatoms. The maximum Gasteiger partial charge on any atom is 0.281 e. The molecule has 0 aliphatic carbocycles. The largest absolute Gasteiger partial charge is 0.482 e. The molecule has 0 heterocycles. The van der Waals surface area contributed by atoms with E-state index in [-0.39, 0.29) is 19.1 Å². The summed E-state index contributed by atoms with van der Waals surface area (Å²) in [4.78, 5) is 16.2. The van der Waals surface area contributed by atoms with Crippen molar-refractivity contribution in [1.82, 2.24) is 5.48 Å². The van der Waals surface area contributed by atoms with Crippen molar-refractivity contribution < 1.29 is 19.1 Å². The number of carbonyl (C=O) groups is 1. The van der Waals surface area contributed by atoms with E-state index in [4.69, 9.17) is 25.9 Å². The van der Waals surface area contributed by atoms with E-state index in [0.717, 1.165) is 5.56 Å². The van der Waals surface area contributed by atoms with E-state index in [1.165, 1.54) is 0 Å². The average molecular weight is 274 g/mol. The Morgan fingerprint density at radius 3 is 2.89 bits per heavy atom. The minimum Gasteiger partial charge on any atom is -0.482 e. The van der Waals surface area contributed by atoms with Crippen LogP contribution in [0.2, 0.25) is 5.02 Å². The van der Waals surface area contributed by atoms with Crippen molar-refractivity contribution in [3.8, 4) is 5.75 Å². The molecule has 1 amide bonds. The first kappa shape index (κ1) is 14.8. The number of benzene rings is 1. The molecule has 0 saturated heterocycles. The Kier molecular flexibility index (Phi) is 6.49. The molecule has 0 atom stereocenters. The highest BCUT2D eigenvalue weighted by Crippen LogP contribution is 2.24. The van der Waals surface area contributed by atoms with Crippen LogP contribution in [0.4, 0.5) is 0 Å². The van der Waals surface area contributed by atoms with E-state index in [0.29, 0.717) is 17.4 Å². The van der Waals surface area contributed by atoms with Crippen molar-refractivity contribution in [2.24, 2.45) is 0 Å². The fourth-order valence-corrected chi connectivity index (χ4v) is 1.32. The van der Waals surface area contributed by atoms with Crippen LogP contribution in [-0.2, 0) is 14.4 Å². The SMILES string of the molecule is COCCONC(=O)COc1cc(C)ccc1Cl. The number of hydrogen-bond acceptors (Lipinski definition) is 4. The van der Waals surface area contributed by atoms with Gasteiger partial charge in [-0.25, -0.2) is 5.48 Å². The molecule has 1 rings (SSSR count). The molecule has 0 saturated carbocycles. The van der Waals surface area contributed by atoms with E-state index in [2.05, 4.69) is 5.48 Å². The number of carbonyl (C=O) groups excluding carboxylic acids is 1. The summed E-state index contributed by atoms with van der Waals surface area (Å²) in [7, 11) is 1.55. The monoisotopic (exact) mass is 273 g/mol. The Morgan fingerprint density at radius 1 is 1.39 bits per heavy atom. The van der Waals surface area contributed by atoms with Gasteiger partial charge in [-0.15, -0.1) is 0 Å².